The molecular formula is C14H21BrN2O2. The van der Waals surface area contributed by atoms with Crippen molar-refractivity contribution >= 4 is 21.8 Å². The highest BCUT2D eigenvalue weighted by molar-refractivity contribution is 9.10. The van der Waals surface area contributed by atoms with E-state index in [2.05, 4.69) is 21.2 Å². The molecule has 106 valence electrons. The Bertz CT molecular complexity index is 487. The average molecular weight is 329 g/mol. The van der Waals surface area contributed by atoms with E-state index in [-0.39, 0.29) is 5.91 Å². The van der Waals surface area contributed by atoms with Crippen molar-refractivity contribution in [1.82, 2.24) is 5.32 Å². The van der Waals surface area contributed by atoms with Gasteiger partial charge in [0.1, 0.15) is 5.75 Å². The van der Waals surface area contributed by atoms with Crippen molar-refractivity contribution in [3.05, 3.63) is 26.7 Å². The second kappa shape index (κ2) is 6.91. The minimum atomic E-state index is -0.0432. The summed E-state index contributed by atoms with van der Waals surface area (Å²) in [7, 11) is 1.65. The van der Waals surface area contributed by atoms with Gasteiger partial charge in [-0.2, -0.15) is 0 Å². The molecule has 0 atom stereocenters. The van der Waals surface area contributed by atoms with Crippen molar-refractivity contribution in [3.63, 3.8) is 0 Å². The SMILES string of the molecule is COc1c(C)c(C)c(Br)c(C)c1CNC(=O)CCN. The van der Waals surface area contributed by atoms with Gasteiger partial charge in [0.2, 0.25) is 5.91 Å². The molecule has 0 spiro atoms. The van der Waals surface area contributed by atoms with E-state index in [4.69, 9.17) is 10.5 Å². The molecule has 0 heterocycles. The fraction of sp³-hybridized carbons (Fsp3) is 0.500. The zero-order chi connectivity index (χ0) is 14.6. The number of amides is 1. The number of nitrogens with two attached hydrogens (primary N) is 1. The molecule has 0 saturated carbocycles. The number of hydrogen-bond acceptors (Lipinski definition) is 3. The van der Waals surface area contributed by atoms with E-state index >= 15 is 0 Å². The summed E-state index contributed by atoms with van der Waals surface area (Å²) in [5, 5.41) is 2.87. The highest BCUT2D eigenvalue weighted by Crippen LogP contribution is 2.35. The number of carbonyl (C=O) groups excluding carboxylic acids is 1. The number of rotatable bonds is 5. The summed E-state index contributed by atoms with van der Waals surface area (Å²) in [6.07, 6.45) is 0.341. The topological polar surface area (TPSA) is 64.3 Å². The van der Waals surface area contributed by atoms with Crippen molar-refractivity contribution in [3.8, 4) is 5.75 Å². The predicted octanol–water partition coefficient (Wildman–Crippen LogP) is 2.35. The second-order valence-electron chi connectivity index (χ2n) is 4.52. The molecule has 0 unspecified atom stereocenters. The van der Waals surface area contributed by atoms with E-state index in [1.54, 1.807) is 7.11 Å². The largest absolute Gasteiger partial charge is 0.496 e. The van der Waals surface area contributed by atoms with Gasteiger partial charge in [0.15, 0.2) is 0 Å². The van der Waals surface area contributed by atoms with Crippen LogP contribution in [-0.4, -0.2) is 19.6 Å². The third-order valence-corrected chi connectivity index (χ3v) is 4.52. The molecule has 0 bridgehead atoms. The third-order valence-electron chi connectivity index (χ3n) is 3.33. The highest BCUT2D eigenvalue weighted by Gasteiger charge is 2.16. The zero-order valence-corrected chi connectivity index (χ0v) is 13.5. The first-order valence-electron chi connectivity index (χ1n) is 6.22. The van der Waals surface area contributed by atoms with Crippen LogP contribution < -0.4 is 15.8 Å². The molecule has 0 aliphatic rings. The molecule has 5 heteroatoms. The molecule has 4 nitrogen and oxygen atoms in total. The quantitative estimate of drug-likeness (QED) is 0.872. The van der Waals surface area contributed by atoms with E-state index in [1.807, 2.05) is 20.8 Å². The molecule has 19 heavy (non-hydrogen) atoms. The van der Waals surface area contributed by atoms with Crippen molar-refractivity contribution in [2.24, 2.45) is 5.73 Å². The summed E-state index contributed by atoms with van der Waals surface area (Å²) >= 11 is 3.59. The van der Waals surface area contributed by atoms with Crippen molar-refractivity contribution < 1.29 is 9.53 Å². The molecule has 1 amide bonds. The Balaban J connectivity index is 3.09. The van der Waals surface area contributed by atoms with Gasteiger partial charge in [-0.3, -0.25) is 4.79 Å². The van der Waals surface area contributed by atoms with Crippen LogP contribution in [0.4, 0.5) is 0 Å². The first-order valence-corrected chi connectivity index (χ1v) is 7.02. The number of hydrogen-bond donors (Lipinski definition) is 2. The minimum Gasteiger partial charge on any atom is -0.496 e. The van der Waals surface area contributed by atoms with Gasteiger partial charge in [0, 0.05) is 29.5 Å². The molecule has 1 rings (SSSR count). The van der Waals surface area contributed by atoms with Crippen LogP contribution in [0.1, 0.15) is 28.7 Å². The molecular weight excluding hydrogens is 308 g/mol. The van der Waals surface area contributed by atoms with Gasteiger partial charge in [0.25, 0.3) is 0 Å². The molecule has 0 aliphatic heterocycles. The van der Waals surface area contributed by atoms with Crippen molar-refractivity contribution in [1.29, 1.82) is 0 Å². The minimum absolute atomic E-state index is 0.0432. The van der Waals surface area contributed by atoms with Gasteiger partial charge in [-0.05, 0) is 37.5 Å². The summed E-state index contributed by atoms with van der Waals surface area (Å²) < 4.78 is 6.55. The van der Waals surface area contributed by atoms with Gasteiger partial charge < -0.3 is 15.8 Å². The summed E-state index contributed by atoms with van der Waals surface area (Å²) in [5.74, 6) is 0.796. The van der Waals surface area contributed by atoms with Gasteiger partial charge >= 0.3 is 0 Å². The Kier molecular flexibility index (Phi) is 5.82. The van der Waals surface area contributed by atoms with Crippen LogP contribution in [0.5, 0.6) is 5.75 Å². The highest BCUT2D eigenvalue weighted by atomic mass is 79.9. The lowest BCUT2D eigenvalue weighted by Crippen LogP contribution is -2.25. The lowest BCUT2D eigenvalue weighted by Gasteiger charge is -2.19. The van der Waals surface area contributed by atoms with Crippen LogP contribution in [0.25, 0.3) is 0 Å². The number of ether oxygens (including phenoxy) is 1. The normalized spacial score (nSPS) is 10.4. The first kappa shape index (κ1) is 16.0. The fourth-order valence-corrected chi connectivity index (χ4v) is 2.58. The summed E-state index contributed by atoms with van der Waals surface area (Å²) in [5.41, 5.74) is 9.70. The molecule has 3 N–H and O–H groups in total. The van der Waals surface area contributed by atoms with Crippen LogP contribution in [0, 0.1) is 20.8 Å². The van der Waals surface area contributed by atoms with Crippen LogP contribution in [0.3, 0.4) is 0 Å². The molecule has 1 aromatic carbocycles. The van der Waals surface area contributed by atoms with Gasteiger partial charge in [-0.25, -0.2) is 0 Å². The zero-order valence-electron chi connectivity index (χ0n) is 11.9. The van der Waals surface area contributed by atoms with E-state index in [0.29, 0.717) is 19.5 Å². The van der Waals surface area contributed by atoms with Gasteiger partial charge in [-0.1, -0.05) is 15.9 Å². The molecule has 1 aromatic rings. The van der Waals surface area contributed by atoms with E-state index in [0.717, 1.165) is 32.5 Å². The molecule has 0 aromatic heterocycles. The predicted molar refractivity (Wildman–Crippen MR) is 80.4 cm³/mol. The number of halogens is 1. The number of methoxy groups -OCH3 is 1. The Morgan fingerprint density at radius 2 is 1.89 bits per heavy atom. The number of carbonyl (C=O) groups is 1. The Morgan fingerprint density at radius 3 is 2.42 bits per heavy atom. The molecule has 0 radical (unpaired) electrons. The van der Waals surface area contributed by atoms with Crippen LogP contribution in [-0.2, 0) is 11.3 Å². The van der Waals surface area contributed by atoms with Crippen LogP contribution >= 0.6 is 15.9 Å². The molecule has 0 saturated heterocycles. The summed E-state index contributed by atoms with van der Waals surface area (Å²) in [6, 6.07) is 0. The lowest BCUT2D eigenvalue weighted by molar-refractivity contribution is -0.121. The Hall–Kier alpha value is -1.07. The Morgan fingerprint density at radius 1 is 1.26 bits per heavy atom. The van der Waals surface area contributed by atoms with Gasteiger partial charge in [0.05, 0.1) is 7.11 Å². The molecule has 0 fully saturated rings. The van der Waals surface area contributed by atoms with Gasteiger partial charge in [-0.15, -0.1) is 0 Å². The van der Waals surface area contributed by atoms with Crippen molar-refractivity contribution in [2.75, 3.05) is 13.7 Å². The van der Waals surface area contributed by atoms with E-state index in [1.165, 1.54) is 0 Å². The van der Waals surface area contributed by atoms with Crippen molar-refractivity contribution in [2.45, 2.75) is 33.7 Å². The van der Waals surface area contributed by atoms with Crippen LogP contribution in [0.15, 0.2) is 4.47 Å². The van der Waals surface area contributed by atoms with E-state index < -0.39 is 0 Å². The second-order valence-corrected chi connectivity index (χ2v) is 5.31. The monoisotopic (exact) mass is 328 g/mol. The number of benzene rings is 1. The smallest absolute Gasteiger partial charge is 0.221 e. The van der Waals surface area contributed by atoms with Crippen LogP contribution in [0.2, 0.25) is 0 Å². The fourth-order valence-electron chi connectivity index (χ4n) is 2.04. The maximum atomic E-state index is 11.5. The summed E-state index contributed by atoms with van der Waals surface area (Å²) in [4.78, 5) is 11.5. The summed E-state index contributed by atoms with van der Waals surface area (Å²) in [6.45, 7) is 6.89. The third kappa shape index (κ3) is 3.48. The maximum Gasteiger partial charge on any atom is 0.221 e. The lowest BCUT2D eigenvalue weighted by atomic mass is 9.99. The first-order chi connectivity index (χ1) is 8.93. The molecule has 0 aliphatic carbocycles. The maximum absolute atomic E-state index is 11.5. The average Bonchev–Trinajstić information content (AvgIpc) is 2.39. The Labute approximate surface area is 122 Å². The van der Waals surface area contributed by atoms with E-state index in [9.17, 15) is 4.79 Å². The number of nitrogens with one attached hydrogen (secondary N) is 1. The standard InChI is InChI=1S/C14H21BrN2O2/c1-8-9(2)14(19-4)11(10(3)13(8)15)7-17-12(18)5-6-16/h5-7,16H2,1-4H3,(H,17,18).